The molecule has 0 aromatic heterocycles. The van der Waals surface area contributed by atoms with Gasteiger partial charge in [0.2, 0.25) is 0 Å². The molecule has 74 valence electrons. The van der Waals surface area contributed by atoms with E-state index in [0.29, 0.717) is 12.6 Å². The summed E-state index contributed by atoms with van der Waals surface area (Å²) in [6.45, 7) is 7.13. The number of nitrogens with one attached hydrogen (secondary N) is 1. The number of rotatable bonds is 5. The van der Waals surface area contributed by atoms with Gasteiger partial charge in [0.05, 0.1) is 0 Å². The Bertz CT molecular complexity index is 187. The molecule has 0 saturated heterocycles. The van der Waals surface area contributed by atoms with Gasteiger partial charge in [0.25, 0.3) is 0 Å². The van der Waals surface area contributed by atoms with Crippen molar-refractivity contribution in [3.05, 3.63) is 12.7 Å². The minimum atomic E-state index is 0.0595. The minimum absolute atomic E-state index is 0.0595. The van der Waals surface area contributed by atoms with Gasteiger partial charge in [-0.25, -0.2) is 4.79 Å². The fraction of sp³-hybridized carbons (Fsp3) is 0.700. The van der Waals surface area contributed by atoms with E-state index < -0.39 is 0 Å². The molecule has 0 aromatic carbocycles. The van der Waals surface area contributed by atoms with Crippen LogP contribution in [0.1, 0.15) is 26.2 Å². The molecular weight excluding hydrogens is 164 g/mol. The SMILES string of the molecule is C=CCN(C(=O)NCCC)C1CC1. The third kappa shape index (κ3) is 3.09. The minimum Gasteiger partial charge on any atom is -0.338 e. The zero-order valence-corrected chi connectivity index (χ0v) is 8.25. The molecule has 1 N–H and O–H groups in total. The van der Waals surface area contributed by atoms with Gasteiger partial charge >= 0.3 is 6.03 Å². The summed E-state index contributed by atoms with van der Waals surface area (Å²) >= 11 is 0. The van der Waals surface area contributed by atoms with E-state index in [-0.39, 0.29) is 6.03 Å². The van der Waals surface area contributed by atoms with Crippen LogP contribution in [-0.4, -0.2) is 30.1 Å². The molecule has 0 heterocycles. The topological polar surface area (TPSA) is 32.3 Å². The molecule has 0 radical (unpaired) electrons. The van der Waals surface area contributed by atoms with E-state index in [1.807, 2.05) is 4.90 Å². The Morgan fingerprint density at radius 1 is 1.69 bits per heavy atom. The van der Waals surface area contributed by atoms with Gasteiger partial charge in [-0.05, 0) is 19.3 Å². The van der Waals surface area contributed by atoms with Crippen molar-refractivity contribution in [3.63, 3.8) is 0 Å². The molecule has 1 aliphatic carbocycles. The van der Waals surface area contributed by atoms with Crippen LogP contribution in [0.2, 0.25) is 0 Å². The summed E-state index contributed by atoms with van der Waals surface area (Å²) in [5.74, 6) is 0. The molecule has 0 atom stereocenters. The second-order valence-electron chi connectivity index (χ2n) is 3.40. The van der Waals surface area contributed by atoms with Crippen molar-refractivity contribution in [3.8, 4) is 0 Å². The van der Waals surface area contributed by atoms with Gasteiger partial charge in [-0.2, -0.15) is 0 Å². The van der Waals surface area contributed by atoms with Crippen LogP contribution in [0.25, 0.3) is 0 Å². The predicted molar refractivity (Wildman–Crippen MR) is 53.6 cm³/mol. The van der Waals surface area contributed by atoms with Crippen molar-refractivity contribution in [1.82, 2.24) is 10.2 Å². The number of carbonyl (C=O) groups is 1. The largest absolute Gasteiger partial charge is 0.338 e. The second kappa shape index (κ2) is 4.90. The third-order valence-corrected chi connectivity index (χ3v) is 2.10. The molecule has 3 nitrogen and oxygen atoms in total. The third-order valence-electron chi connectivity index (χ3n) is 2.10. The van der Waals surface area contributed by atoms with Crippen molar-refractivity contribution >= 4 is 6.03 Å². The van der Waals surface area contributed by atoms with Crippen LogP contribution in [0.5, 0.6) is 0 Å². The molecule has 2 amide bonds. The first kappa shape index (κ1) is 10.1. The number of urea groups is 1. The Morgan fingerprint density at radius 2 is 2.38 bits per heavy atom. The molecule has 0 aliphatic heterocycles. The summed E-state index contributed by atoms with van der Waals surface area (Å²) in [7, 11) is 0. The maximum Gasteiger partial charge on any atom is 0.317 e. The van der Waals surface area contributed by atoms with E-state index in [4.69, 9.17) is 0 Å². The first-order valence-electron chi connectivity index (χ1n) is 4.95. The zero-order chi connectivity index (χ0) is 9.68. The molecule has 1 saturated carbocycles. The lowest BCUT2D eigenvalue weighted by molar-refractivity contribution is 0.201. The Kier molecular flexibility index (Phi) is 3.80. The molecule has 3 heteroatoms. The van der Waals surface area contributed by atoms with Gasteiger partial charge in [0.1, 0.15) is 0 Å². The van der Waals surface area contributed by atoms with Crippen LogP contribution < -0.4 is 5.32 Å². The summed E-state index contributed by atoms with van der Waals surface area (Å²) in [5, 5.41) is 2.88. The fourth-order valence-electron chi connectivity index (χ4n) is 1.26. The molecule has 1 fully saturated rings. The van der Waals surface area contributed by atoms with E-state index in [2.05, 4.69) is 18.8 Å². The Labute approximate surface area is 79.8 Å². The van der Waals surface area contributed by atoms with Crippen LogP contribution in [-0.2, 0) is 0 Å². The smallest absolute Gasteiger partial charge is 0.317 e. The van der Waals surface area contributed by atoms with E-state index in [9.17, 15) is 4.79 Å². The molecule has 13 heavy (non-hydrogen) atoms. The highest BCUT2D eigenvalue weighted by Crippen LogP contribution is 2.26. The van der Waals surface area contributed by atoms with Crippen LogP contribution in [0.3, 0.4) is 0 Å². The summed E-state index contributed by atoms with van der Waals surface area (Å²) in [6, 6.07) is 0.527. The van der Waals surface area contributed by atoms with Crippen LogP contribution in [0.4, 0.5) is 4.79 Å². The second-order valence-corrected chi connectivity index (χ2v) is 3.40. The van der Waals surface area contributed by atoms with Gasteiger partial charge < -0.3 is 10.2 Å². The first-order valence-corrected chi connectivity index (χ1v) is 4.95. The Hall–Kier alpha value is -0.990. The quantitative estimate of drug-likeness (QED) is 0.645. The molecule has 0 aromatic rings. The lowest BCUT2D eigenvalue weighted by Gasteiger charge is -2.20. The van der Waals surface area contributed by atoms with Crippen LogP contribution >= 0.6 is 0 Å². The van der Waals surface area contributed by atoms with E-state index in [1.165, 1.54) is 0 Å². The maximum atomic E-state index is 11.5. The highest BCUT2D eigenvalue weighted by molar-refractivity contribution is 5.75. The standard InChI is InChI=1S/C10H18N2O/c1-3-7-11-10(13)12(8-4-2)9-5-6-9/h4,9H,2-3,5-8H2,1H3,(H,11,13). The highest BCUT2D eigenvalue weighted by atomic mass is 16.2. The number of amides is 2. The normalized spacial score (nSPS) is 15.2. The molecule has 1 rings (SSSR count). The summed E-state index contributed by atoms with van der Waals surface area (Å²) in [5.41, 5.74) is 0. The van der Waals surface area contributed by atoms with Crippen molar-refractivity contribution in [2.45, 2.75) is 32.2 Å². The number of carbonyl (C=O) groups excluding carboxylic acids is 1. The van der Waals surface area contributed by atoms with Crippen molar-refractivity contribution in [2.75, 3.05) is 13.1 Å². The monoisotopic (exact) mass is 182 g/mol. The molecule has 0 bridgehead atoms. The number of nitrogens with zero attached hydrogens (tertiary/aromatic N) is 1. The van der Waals surface area contributed by atoms with Crippen molar-refractivity contribution in [1.29, 1.82) is 0 Å². The summed E-state index contributed by atoms with van der Waals surface area (Å²) in [4.78, 5) is 13.4. The molecular formula is C10H18N2O. The van der Waals surface area contributed by atoms with Gasteiger partial charge in [-0.15, -0.1) is 6.58 Å². The first-order chi connectivity index (χ1) is 6.29. The Morgan fingerprint density at radius 3 is 2.85 bits per heavy atom. The van der Waals surface area contributed by atoms with Crippen LogP contribution in [0.15, 0.2) is 12.7 Å². The van der Waals surface area contributed by atoms with Gasteiger partial charge in [0, 0.05) is 19.1 Å². The summed E-state index contributed by atoms with van der Waals surface area (Å²) in [6.07, 6.45) is 5.06. The number of hydrogen-bond donors (Lipinski definition) is 1. The predicted octanol–water partition coefficient (Wildman–Crippen LogP) is 1.76. The Balaban J connectivity index is 2.33. The van der Waals surface area contributed by atoms with E-state index in [1.54, 1.807) is 6.08 Å². The van der Waals surface area contributed by atoms with Gasteiger partial charge in [-0.1, -0.05) is 13.0 Å². The average molecular weight is 182 g/mol. The van der Waals surface area contributed by atoms with Crippen molar-refractivity contribution in [2.24, 2.45) is 0 Å². The molecule has 0 spiro atoms. The van der Waals surface area contributed by atoms with E-state index >= 15 is 0 Å². The average Bonchev–Trinajstić information content (AvgIpc) is 2.93. The molecule has 1 aliphatic rings. The fourth-order valence-corrected chi connectivity index (χ4v) is 1.26. The summed E-state index contributed by atoms with van der Waals surface area (Å²) < 4.78 is 0. The van der Waals surface area contributed by atoms with Crippen molar-refractivity contribution < 1.29 is 4.79 Å². The number of hydrogen-bond acceptors (Lipinski definition) is 1. The van der Waals surface area contributed by atoms with E-state index in [0.717, 1.165) is 25.8 Å². The van der Waals surface area contributed by atoms with Gasteiger partial charge in [-0.3, -0.25) is 0 Å². The maximum absolute atomic E-state index is 11.5. The van der Waals surface area contributed by atoms with Gasteiger partial charge in [0.15, 0.2) is 0 Å². The zero-order valence-electron chi connectivity index (χ0n) is 8.25. The lowest BCUT2D eigenvalue weighted by atomic mass is 10.4. The highest BCUT2D eigenvalue weighted by Gasteiger charge is 2.31. The molecule has 0 unspecified atom stereocenters. The lowest BCUT2D eigenvalue weighted by Crippen LogP contribution is -2.41. The van der Waals surface area contributed by atoms with Crippen LogP contribution in [0, 0.1) is 0 Å².